The number of rotatable bonds is 6. The van der Waals surface area contributed by atoms with Crippen LogP contribution in [0.1, 0.15) is 66.2 Å². The summed E-state index contributed by atoms with van der Waals surface area (Å²) in [5, 5.41) is 13.6. The van der Waals surface area contributed by atoms with E-state index < -0.39 is 0 Å². The molecule has 4 atom stereocenters. The van der Waals surface area contributed by atoms with Crippen molar-refractivity contribution in [2.24, 2.45) is 22.7 Å². The van der Waals surface area contributed by atoms with Gasteiger partial charge in [-0.3, -0.25) is 4.79 Å². The van der Waals surface area contributed by atoms with E-state index >= 15 is 0 Å². The summed E-state index contributed by atoms with van der Waals surface area (Å²) >= 11 is 0. The molecule has 0 spiro atoms. The van der Waals surface area contributed by atoms with Gasteiger partial charge in [-0.25, -0.2) is 0 Å². The molecule has 2 aliphatic rings. The van der Waals surface area contributed by atoms with Gasteiger partial charge in [-0.2, -0.15) is 0 Å². The van der Waals surface area contributed by atoms with Crippen LogP contribution in [0.25, 0.3) is 0 Å². The van der Waals surface area contributed by atoms with E-state index in [1.165, 1.54) is 5.57 Å². The van der Waals surface area contributed by atoms with Crippen LogP contribution in [-0.4, -0.2) is 24.2 Å². The first kappa shape index (κ1) is 23.6. The molecule has 0 aromatic heterocycles. The standard InChI is InChI=1S/C27H39NO3/c1-18(17-25(30)28-20-9-11-21(31-6)12-10-20)7-13-22-19(2)8-14-23-26(3,4)24(29)15-16-27(22,23)5/h9-12,17,22-24,29H,2,7-8,13-16H2,1,3-6H3,(H,28,30)/b18-17+/t22-,23-,24-,27+/m1/s1. The van der Waals surface area contributed by atoms with Crippen molar-refractivity contribution in [2.75, 3.05) is 12.4 Å². The fraction of sp³-hybridized carbons (Fsp3) is 0.593. The van der Waals surface area contributed by atoms with Crippen molar-refractivity contribution in [3.8, 4) is 5.75 Å². The summed E-state index contributed by atoms with van der Waals surface area (Å²) in [5.74, 6) is 1.60. The van der Waals surface area contributed by atoms with E-state index in [-0.39, 0.29) is 22.8 Å². The number of hydrogen-bond donors (Lipinski definition) is 2. The van der Waals surface area contributed by atoms with Gasteiger partial charge in [-0.1, -0.05) is 38.5 Å². The van der Waals surface area contributed by atoms with Gasteiger partial charge in [-0.15, -0.1) is 0 Å². The molecule has 2 aliphatic carbocycles. The number of methoxy groups -OCH3 is 1. The largest absolute Gasteiger partial charge is 0.497 e. The zero-order valence-electron chi connectivity index (χ0n) is 19.8. The second-order valence-electron chi connectivity index (χ2n) is 10.4. The van der Waals surface area contributed by atoms with Crippen LogP contribution in [0, 0.1) is 22.7 Å². The van der Waals surface area contributed by atoms with Crippen LogP contribution in [0.2, 0.25) is 0 Å². The molecular weight excluding hydrogens is 386 g/mol. The maximum atomic E-state index is 12.4. The second kappa shape index (κ2) is 9.20. The summed E-state index contributed by atoms with van der Waals surface area (Å²) in [7, 11) is 1.62. The smallest absolute Gasteiger partial charge is 0.248 e. The fourth-order valence-electron chi connectivity index (χ4n) is 6.22. The molecule has 1 amide bonds. The number of amides is 1. The number of fused-ring (bicyclic) bond motifs is 1. The van der Waals surface area contributed by atoms with Crippen LogP contribution in [-0.2, 0) is 4.79 Å². The molecule has 0 radical (unpaired) electrons. The molecule has 170 valence electrons. The Morgan fingerprint density at radius 3 is 2.58 bits per heavy atom. The van der Waals surface area contributed by atoms with Crippen LogP contribution in [0.3, 0.4) is 0 Å². The molecule has 4 nitrogen and oxygen atoms in total. The molecule has 4 heteroatoms. The van der Waals surface area contributed by atoms with Gasteiger partial charge in [-0.05, 0) is 92.4 Å². The molecule has 0 bridgehead atoms. The van der Waals surface area contributed by atoms with Gasteiger partial charge < -0.3 is 15.2 Å². The van der Waals surface area contributed by atoms with Crippen molar-refractivity contribution in [1.29, 1.82) is 0 Å². The van der Waals surface area contributed by atoms with Crippen LogP contribution < -0.4 is 10.1 Å². The van der Waals surface area contributed by atoms with E-state index in [0.29, 0.717) is 11.8 Å². The van der Waals surface area contributed by atoms with E-state index in [0.717, 1.165) is 55.5 Å². The SMILES string of the molecule is C=C1CC[C@@H]2C(C)(C)[C@H](O)CC[C@@]2(C)[C@@H]1CC/C(C)=C/C(=O)Nc1ccc(OC)cc1. The highest BCUT2D eigenvalue weighted by molar-refractivity contribution is 5.99. The molecule has 2 N–H and O–H groups in total. The lowest BCUT2D eigenvalue weighted by Crippen LogP contribution is -2.54. The summed E-state index contributed by atoms with van der Waals surface area (Å²) in [6.45, 7) is 13.4. The number of carbonyl (C=O) groups excluding carboxylic acids is 1. The highest BCUT2D eigenvalue weighted by atomic mass is 16.5. The lowest BCUT2D eigenvalue weighted by molar-refractivity contribution is -0.124. The van der Waals surface area contributed by atoms with E-state index in [4.69, 9.17) is 4.74 Å². The molecule has 31 heavy (non-hydrogen) atoms. The van der Waals surface area contributed by atoms with Crippen molar-refractivity contribution in [3.05, 3.63) is 48.1 Å². The molecule has 0 saturated heterocycles. The Labute approximate surface area is 187 Å². The highest BCUT2D eigenvalue weighted by Crippen LogP contribution is 2.61. The predicted molar refractivity (Wildman–Crippen MR) is 127 cm³/mol. The Morgan fingerprint density at radius 1 is 1.26 bits per heavy atom. The van der Waals surface area contributed by atoms with Gasteiger partial charge in [0.25, 0.3) is 0 Å². The third kappa shape index (κ3) is 4.90. The van der Waals surface area contributed by atoms with E-state index in [2.05, 4.69) is 32.7 Å². The summed E-state index contributed by atoms with van der Waals surface area (Å²) in [6.07, 6.45) is 7.46. The summed E-state index contributed by atoms with van der Waals surface area (Å²) in [4.78, 5) is 12.4. The molecule has 0 heterocycles. The zero-order valence-corrected chi connectivity index (χ0v) is 19.8. The average Bonchev–Trinajstić information content (AvgIpc) is 2.71. The van der Waals surface area contributed by atoms with Gasteiger partial charge in [0.2, 0.25) is 5.91 Å². The number of anilines is 1. The fourth-order valence-corrected chi connectivity index (χ4v) is 6.22. The molecule has 0 aliphatic heterocycles. The quantitative estimate of drug-likeness (QED) is 0.426. The summed E-state index contributed by atoms with van der Waals surface area (Å²) in [5.41, 5.74) is 3.30. The predicted octanol–water partition coefficient (Wildman–Crippen LogP) is 6.13. The molecular formula is C27H39NO3. The van der Waals surface area contributed by atoms with Gasteiger partial charge in [0.15, 0.2) is 0 Å². The van der Waals surface area contributed by atoms with E-state index in [1.807, 2.05) is 31.2 Å². The number of allylic oxidation sites excluding steroid dienone is 2. The van der Waals surface area contributed by atoms with Gasteiger partial charge >= 0.3 is 0 Å². The molecule has 1 aromatic carbocycles. The van der Waals surface area contributed by atoms with Crippen molar-refractivity contribution in [2.45, 2.75) is 72.3 Å². The summed E-state index contributed by atoms with van der Waals surface area (Å²) in [6, 6.07) is 7.35. The topological polar surface area (TPSA) is 58.6 Å². The minimum atomic E-state index is -0.221. The number of hydrogen-bond acceptors (Lipinski definition) is 3. The van der Waals surface area contributed by atoms with Gasteiger partial charge in [0.1, 0.15) is 5.75 Å². The third-order valence-corrected chi connectivity index (χ3v) is 8.11. The van der Waals surface area contributed by atoms with Crippen molar-refractivity contribution in [3.63, 3.8) is 0 Å². The number of aliphatic hydroxyl groups excluding tert-OH is 1. The minimum absolute atomic E-state index is 0.0604. The van der Waals surface area contributed by atoms with Crippen molar-refractivity contribution >= 4 is 11.6 Å². The highest BCUT2D eigenvalue weighted by Gasteiger charge is 2.55. The number of benzene rings is 1. The summed E-state index contributed by atoms with van der Waals surface area (Å²) < 4.78 is 5.16. The molecule has 3 rings (SSSR count). The normalized spacial score (nSPS) is 30.5. The van der Waals surface area contributed by atoms with E-state index in [9.17, 15) is 9.90 Å². The number of aliphatic hydroxyl groups is 1. The third-order valence-electron chi connectivity index (χ3n) is 8.11. The van der Waals surface area contributed by atoms with Crippen LogP contribution in [0.15, 0.2) is 48.1 Å². The first-order valence-electron chi connectivity index (χ1n) is 11.6. The van der Waals surface area contributed by atoms with E-state index in [1.54, 1.807) is 13.2 Å². The Balaban J connectivity index is 1.64. The lowest BCUT2D eigenvalue weighted by Gasteiger charge is -2.59. The number of ether oxygens (including phenoxy) is 1. The lowest BCUT2D eigenvalue weighted by atomic mass is 9.46. The van der Waals surface area contributed by atoms with Crippen molar-refractivity contribution < 1.29 is 14.6 Å². The Bertz CT molecular complexity index is 839. The van der Waals surface area contributed by atoms with Crippen molar-refractivity contribution in [1.82, 2.24) is 0 Å². The number of carbonyl (C=O) groups is 1. The first-order chi connectivity index (χ1) is 14.6. The van der Waals surface area contributed by atoms with Gasteiger partial charge in [0.05, 0.1) is 13.2 Å². The monoisotopic (exact) mass is 425 g/mol. The van der Waals surface area contributed by atoms with Crippen LogP contribution in [0.4, 0.5) is 5.69 Å². The molecule has 0 unspecified atom stereocenters. The Hall–Kier alpha value is -2.07. The van der Waals surface area contributed by atoms with Crippen LogP contribution >= 0.6 is 0 Å². The first-order valence-corrected chi connectivity index (χ1v) is 11.6. The number of nitrogens with one attached hydrogen (secondary N) is 1. The molecule has 2 saturated carbocycles. The zero-order chi connectivity index (χ0) is 22.8. The Morgan fingerprint density at radius 2 is 1.94 bits per heavy atom. The van der Waals surface area contributed by atoms with Gasteiger partial charge in [0, 0.05) is 11.8 Å². The molecule has 2 fully saturated rings. The maximum absolute atomic E-state index is 12.4. The Kier molecular flexibility index (Phi) is 7.00. The molecule has 1 aromatic rings. The second-order valence-corrected chi connectivity index (χ2v) is 10.4. The van der Waals surface area contributed by atoms with Crippen LogP contribution in [0.5, 0.6) is 5.75 Å². The average molecular weight is 426 g/mol. The minimum Gasteiger partial charge on any atom is -0.497 e. The maximum Gasteiger partial charge on any atom is 0.248 e.